The Hall–Kier alpha value is -0.470. The first-order valence-electron chi connectivity index (χ1n) is 7.04. The van der Waals surface area contributed by atoms with Crippen LogP contribution in [-0.2, 0) is 6.54 Å². The van der Waals surface area contributed by atoms with Crippen LogP contribution in [0.15, 0.2) is 29.2 Å². The Bertz CT molecular complexity index is 318. The molecule has 0 aliphatic carbocycles. The van der Waals surface area contributed by atoms with E-state index in [1.54, 1.807) is 0 Å². The summed E-state index contributed by atoms with van der Waals surface area (Å²) >= 11 is 1.98. The fourth-order valence-corrected chi connectivity index (χ4v) is 3.03. The quantitative estimate of drug-likeness (QED) is 0.691. The highest BCUT2D eigenvalue weighted by molar-refractivity contribution is 7.99. The second kappa shape index (κ2) is 8.60. The van der Waals surface area contributed by atoms with E-state index in [1.807, 2.05) is 11.8 Å². The third kappa shape index (κ3) is 6.46. The minimum atomic E-state index is 0.802. The summed E-state index contributed by atoms with van der Waals surface area (Å²) in [7, 11) is 0. The Morgan fingerprint density at radius 1 is 1.11 bits per heavy atom. The van der Waals surface area contributed by atoms with Gasteiger partial charge in [0.2, 0.25) is 0 Å². The van der Waals surface area contributed by atoms with Gasteiger partial charge in [-0.3, -0.25) is 0 Å². The summed E-state index contributed by atoms with van der Waals surface area (Å²) in [6.45, 7) is 11.1. The lowest BCUT2D eigenvalue weighted by molar-refractivity contribution is 0.475. The van der Waals surface area contributed by atoms with Crippen molar-refractivity contribution in [3.63, 3.8) is 0 Å². The molecule has 1 N–H and O–H groups in total. The van der Waals surface area contributed by atoms with Crippen molar-refractivity contribution in [2.24, 2.45) is 11.8 Å². The van der Waals surface area contributed by atoms with Crippen LogP contribution in [-0.4, -0.2) is 12.3 Å². The lowest BCUT2D eigenvalue weighted by atomic mass is 10.0. The summed E-state index contributed by atoms with van der Waals surface area (Å²) in [4.78, 5) is 1.39. The van der Waals surface area contributed by atoms with Crippen molar-refractivity contribution < 1.29 is 0 Å². The highest BCUT2D eigenvalue weighted by atomic mass is 32.2. The molecular weight excluding hydrogens is 238 g/mol. The second-order valence-corrected chi connectivity index (χ2v) is 6.56. The number of rotatable bonds is 8. The molecule has 18 heavy (non-hydrogen) atoms. The van der Waals surface area contributed by atoms with Crippen LogP contribution in [0.1, 0.15) is 39.7 Å². The highest BCUT2D eigenvalue weighted by Crippen LogP contribution is 2.24. The third-order valence-corrected chi connectivity index (χ3v) is 4.25. The minimum absolute atomic E-state index is 0.802. The lowest BCUT2D eigenvalue weighted by Gasteiger charge is -2.13. The zero-order valence-corrected chi connectivity index (χ0v) is 13.0. The van der Waals surface area contributed by atoms with Crippen LogP contribution in [0.3, 0.4) is 0 Å². The molecule has 102 valence electrons. The van der Waals surface area contributed by atoms with Gasteiger partial charge >= 0.3 is 0 Å². The molecule has 1 aromatic rings. The molecule has 1 atom stereocenters. The van der Waals surface area contributed by atoms with Crippen LogP contribution in [0.2, 0.25) is 0 Å². The zero-order chi connectivity index (χ0) is 13.4. The SMILES string of the molecule is CCNCc1ccc(SCC(C)CC(C)C)cc1. The maximum absolute atomic E-state index is 3.35. The average Bonchev–Trinajstić information content (AvgIpc) is 2.34. The fourth-order valence-electron chi connectivity index (χ4n) is 2.08. The van der Waals surface area contributed by atoms with E-state index < -0.39 is 0 Å². The van der Waals surface area contributed by atoms with Gasteiger partial charge in [0.05, 0.1) is 0 Å². The molecule has 0 spiro atoms. The molecule has 0 aliphatic heterocycles. The predicted molar refractivity (Wildman–Crippen MR) is 83.2 cm³/mol. The van der Waals surface area contributed by atoms with Gasteiger partial charge in [-0.15, -0.1) is 11.8 Å². The van der Waals surface area contributed by atoms with Crippen molar-refractivity contribution in [3.05, 3.63) is 29.8 Å². The van der Waals surface area contributed by atoms with Crippen LogP contribution in [0, 0.1) is 11.8 Å². The van der Waals surface area contributed by atoms with Gasteiger partial charge in [-0.1, -0.05) is 39.8 Å². The molecule has 1 unspecified atom stereocenters. The van der Waals surface area contributed by atoms with Crippen molar-refractivity contribution in [1.82, 2.24) is 5.32 Å². The normalized spacial score (nSPS) is 12.9. The first kappa shape index (κ1) is 15.6. The molecule has 0 fully saturated rings. The van der Waals surface area contributed by atoms with Gasteiger partial charge in [0.1, 0.15) is 0 Å². The Labute approximate surface area is 117 Å². The highest BCUT2D eigenvalue weighted by Gasteiger charge is 2.05. The molecule has 0 amide bonds. The van der Waals surface area contributed by atoms with E-state index >= 15 is 0 Å². The largest absolute Gasteiger partial charge is 0.313 e. The van der Waals surface area contributed by atoms with Crippen molar-refractivity contribution in [2.45, 2.75) is 45.6 Å². The molecule has 0 radical (unpaired) electrons. The Morgan fingerprint density at radius 2 is 1.78 bits per heavy atom. The number of hydrogen-bond donors (Lipinski definition) is 1. The maximum Gasteiger partial charge on any atom is 0.0205 e. The molecule has 0 heterocycles. The van der Waals surface area contributed by atoms with E-state index in [2.05, 4.69) is 57.3 Å². The molecule has 0 bridgehead atoms. The van der Waals surface area contributed by atoms with Gasteiger partial charge in [0, 0.05) is 17.2 Å². The molecule has 1 nitrogen and oxygen atoms in total. The van der Waals surface area contributed by atoms with E-state index in [0.29, 0.717) is 0 Å². The summed E-state index contributed by atoms with van der Waals surface area (Å²) in [5.74, 6) is 2.84. The maximum atomic E-state index is 3.35. The van der Waals surface area contributed by atoms with E-state index in [-0.39, 0.29) is 0 Å². The standard InChI is InChI=1S/C16H27NS/c1-5-17-11-15-6-8-16(9-7-15)18-12-14(4)10-13(2)3/h6-9,13-14,17H,5,10-12H2,1-4H3. The monoisotopic (exact) mass is 265 g/mol. The molecule has 0 saturated heterocycles. The van der Waals surface area contributed by atoms with Crippen molar-refractivity contribution in [2.75, 3.05) is 12.3 Å². The van der Waals surface area contributed by atoms with Crippen LogP contribution < -0.4 is 5.32 Å². The summed E-state index contributed by atoms with van der Waals surface area (Å²) in [6.07, 6.45) is 1.32. The summed E-state index contributed by atoms with van der Waals surface area (Å²) in [5, 5.41) is 3.35. The molecular formula is C16H27NS. The Balaban J connectivity index is 2.34. The van der Waals surface area contributed by atoms with Gasteiger partial charge in [0.15, 0.2) is 0 Å². The molecule has 1 rings (SSSR count). The van der Waals surface area contributed by atoms with Crippen LogP contribution in [0.4, 0.5) is 0 Å². The molecule has 0 aliphatic rings. The van der Waals surface area contributed by atoms with Gasteiger partial charge in [0.25, 0.3) is 0 Å². The van der Waals surface area contributed by atoms with Crippen LogP contribution in [0.5, 0.6) is 0 Å². The molecule has 1 aromatic carbocycles. The van der Waals surface area contributed by atoms with E-state index in [0.717, 1.165) is 24.9 Å². The number of thioether (sulfide) groups is 1. The van der Waals surface area contributed by atoms with Crippen LogP contribution >= 0.6 is 11.8 Å². The van der Waals surface area contributed by atoms with Crippen molar-refractivity contribution in [3.8, 4) is 0 Å². The lowest BCUT2D eigenvalue weighted by Crippen LogP contribution is -2.11. The smallest absolute Gasteiger partial charge is 0.0205 e. The van der Waals surface area contributed by atoms with Crippen molar-refractivity contribution in [1.29, 1.82) is 0 Å². The number of benzene rings is 1. The van der Waals surface area contributed by atoms with Crippen molar-refractivity contribution >= 4 is 11.8 Å². The van der Waals surface area contributed by atoms with E-state index in [4.69, 9.17) is 0 Å². The summed E-state index contributed by atoms with van der Waals surface area (Å²) < 4.78 is 0. The number of nitrogens with one attached hydrogen (secondary N) is 1. The van der Waals surface area contributed by atoms with Gasteiger partial charge in [-0.2, -0.15) is 0 Å². The first-order chi connectivity index (χ1) is 8.61. The molecule has 0 saturated carbocycles. The van der Waals surface area contributed by atoms with E-state index in [1.165, 1.54) is 22.6 Å². The fraction of sp³-hybridized carbons (Fsp3) is 0.625. The predicted octanol–water partition coefficient (Wildman–Crippen LogP) is 4.57. The van der Waals surface area contributed by atoms with E-state index in [9.17, 15) is 0 Å². The van der Waals surface area contributed by atoms with Gasteiger partial charge < -0.3 is 5.32 Å². The Kier molecular flexibility index (Phi) is 7.45. The van der Waals surface area contributed by atoms with Gasteiger partial charge in [-0.25, -0.2) is 0 Å². The minimum Gasteiger partial charge on any atom is -0.313 e. The Morgan fingerprint density at radius 3 is 2.33 bits per heavy atom. The topological polar surface area (TPSA) is 12.0 Å². The van der Waals surface area contributed by atoms with Gasteiger partial charge in [-0.05, 0) is 42.5 Å². The summed E-state index contributed by atoms with van der Waals surface area (Å²) in [6, 6.07) is 8.97. The first-order valence-corrected chi connectivity index (χ1v) is 8.02. The third-order valence-electron chi connectivity index (χ3n) is 2.91. The molecule has 2 heteroatoms. The number of hydrogen-bond acceptors (Lipinski definition) is 2. The summed E-state index contributed by atoms with van der Waals surface area (Å²) in [5.41, 5.74) is 1.37. The zero-order valence-electron chi connectivity index (χ0n) is 12.2. The average molecular weight is 265 g/mol. The van der Waals surface area contributed by atoms with Crippen LogP contribution in [0.25, 0.3) is 0 Å². The molecule has 0 aromatic heterocycles. The second-order valence-electron chi connectivity index (χ2n) is 5.47.